The van der Waals surface area contributed by atoms with Crippen LogP contribution in [0.2, 0.25) is 0 Å². The number of rotatable bonds is 4. The van der Waals surface area contributed by atoms with Crippen LogP contribution < -0.4 is 0 Å². The van der Waals surface area contributed by atoms with E-state index in [4.69, 9.17) is 0 Å². The van der Waals surface area contributed by atoms with Crippen LogP contribution in [0.4, 0.5) is 0 Å². The van der Waals surface area contributed by atoms with Crippen LogP contribution in [0.3, 0.4) is 0 Å². The van der Waals surface area contributed by atoms with Gasteiger partial charge in [0.05, 0.1) is 25.3 Å². The quantitative estimate of drug-likeness (QED) is 0.594. The van der Waals surface area contributed by atoms with E-state index in [1.165, 1.54) is 14.2 Å². The van der Waals surface area contributed by atoms with Gasteiger partial charge in [0, 0.05) is 4.47 Å². The van der Waals surface area contributed by atoms with E-state index in [0.717, 1.165) is 15.6 Å². The molecule has 0 amide bonds. The van der Waals surface area contributed by atoms with Gasteiger partial charge in [0.25, 0.3) is 0 Å². The van der Waals surface area contributed by atoms with Gasteiger partial charge in [-0.1, -0.05) is 46.3 Å². The van der Waals surface area contributed by atoms with Crippen molar-refractivity contribution in [3.8, 4) is 0 Å². The molecular weight excluding hydrogens is 360 g/mol. The topological polar surface area (TPSA) is 52.6 Å². The summed E-state index contributed by atoms with van der Waals surface area (Å²) in [4.78, 5) is 22.8. The molecule has 0 unspecified atom stereocenters. The van der Waals surface area contributed by atoms with Crippen LogP contribution in [0.5, 0.6) is 0 Å². The smallest absolute Gasteiger partial charge is 0.337 e. The third-order valence-electron chi connectivity index (χ3n) is 3.21. The minimum atomic E-state index is -0.375. The summed E-state index contributed by atoms with van der Waals surface area (Å²) in [6, 6.07) is 12.3. The molecule has 118 valence electrons. The molecule has 0 aliphatic heterocycles. The average molecular weight is 375 g/mol. The molecule has 2 rings (SSSR count). The van der Waals surface area contributed by atoms with Gasteiger partial charge in [-0.3, -0.25) is 0 Å². The van der Waals surface area contributed by atoms with Gasteiger partial charge in [0.15, 0.2) is 0 Å². The van der Waals surface area contributed by atoms with Crippen molar-refractivity contribution in [1.82, 2.24) is 0 Å². The van der Waals surface area contributed by atoms with Crippen LogP contribution >= 0.6 is 15.9 Å². The second kappa shape index (κ2) is 7.74. The van der Waals surface area contributed by atoms with Crippen molar-refractivity contribution in [2.24, 2.45) is 0 Å². The maximum absolute atomic E-state index is 11.5. The Bertz CT molecular complexity index is 748. The molecular formula is C18H15BrO4. The van der Waals surface area contributed by atoms with Crippen LogP contribution in [0.1, 0.15) is 31.8 Å². The standard InChI is InChI=1S/C18H15BrO4/c1-22-17(20)14-7-4-12(5-8-14)3-6-13-9-10-15(11-16(13)19)18(21)23-2/h3-11H,1-2H3/b6-3-. The summed E-state index contributed by atoms with van der Waals surface area (Å²) in [5.41, 5.74) is 2.86. The van der Waals surface area contributed by atoms with Gasteiger partial charge in [0.2, 0.25) is 0 Å². The van der Waals surface area contributed by atoms with Gasteiger partial charge < -0.3 is 9.47 Å². The minimum absolute atomic E-state index is 0.360. The van der Waals surface area contributed by atoms with Gasteiger partial charge in [-0.15, -0.1) is 0 Å². The maximum Gasteiger partial charge on any atom is 0.337 e. The lowest BCUT2D eigenvalue weighted by atomic mass is 10.1. The van der Waals surface area contributed by atoms with Crippen molar-refractivity contribution in [1.29, 1.82) is 0 Å². The molecule has 0 aliphatic rings. The largest absolute Gasteiger partial charge is 0.465 e. The second-order valence-electron chi connectivity index (χ2n) is 4.67. The second-order valence-corrected chi connectivity index (χ2v) is 5.53. The summed E-state index contributed by atoms with van der Waals surface area (Å²) >= 11 is 3.44. The first-order valence-corrected chi connectivity index (χ1v) is 7.59. The number of esters is 2. The highest BCUT2D eigenvalue weighted by atomic mass is 79.9. The fourth-order valence-corrected chi connectivity index (χ4v) is 2.45. The summed E-state index contributed by atoms with van der Waals surface area (Å²) < 4.78 is 10.1. The Balaban J connectivity index is 2.17. The zero-order chi connectivity index (χ0) is 16.8. The molecule has 0 saturated carbocycles. The molecule has 0 saturated heterocycles. The number of halogens is 1. The van der Waals surface area contributed by atoms with Crippen molar-refractivity contribution < 1.29 is 19.1 Å². The van der Waals surface area contributed by atoms with Gasteiger partial charge in [0.1, 0.15) is 0 Å². The van der Waals surface area contributed by atoms with Crippen molar-refractivity contribution in [2.45, 2.75) is 0 Å². The van der Waals surface area contributed by atoms with E-state index in [9.17, 15) is 9.59 Å². The Kier molecular flexibility index (Phi) is 5.71. The first-order chi connectivity index (χ1) is 11.0. The van der Waals surface area contributed by atoms with Gasteiger partial charge >= 0.3 is 11.9 Å². The Morgan fingerprint density at radius 1 is 0.870 bits per heavy atom. The molecule has 0 spiro atoms. The van der Waals surface area contributed by atoms with Crippen molar-refractivity contribution >= 4 is 40.0 Å². The summed E-state index contributed by atoms with van der Waals surface area (Å²) in [5.74, 6) is -0.735. The molecule has 0 aromatic heterocycles. The Labute approximate surface area is 142 Å². The number of hydrogen-bond donors (Lipinski definition) is 0. The lowest BCUT2D eigenvalue weighted by Crippen LogP contribution is -2.00. The molecule has 0 N–H and O–H groups in total. The van der Waals surface area contributed by atoms with Crippen molar-refractivity contribution in [2.75, 3.05) is 14.2 Å². The highest BCUT2D eigenvalue weighted by Crippen LogP contribution is 2.21. The number of carbonyl (C=O) groups excluding carboxylic acids is 2. The fourth-order valence-electron chi connectivity index (χ4n) is 1.94. The summed E-state index contributed by atoms with van der Waals surface area (Å²) in [7, 11) is 2.70. The molecule has 2 aromatic carbocycles. The van der Waals surface area contributed by atoms with Crippen LogP contribution in [0.15, 0.2) is 46.9 Å². The summed E-state index contributed by atoms with van der Waals surface area (Å²) in [6.45, 7) is 0. The van der Waals surface area contributed by atoms with E-state index < -0.39 is 0 Å². The maximum atomic E-state index is 11.5. The normalized spacial score (nSPS) is 10.6. The molecule has 0 heterocycles. The Morgan fingerprint density at radius 3 is 2.00 bits per heavy atom. The van der Waals surface area contributed by atoms with E-state index in [0.29, 0.717) is 11.1 Å². The molecule has 4 nitrogen and oxygen atoms in total. The first-order valence-electron chi connectivity index (χ1n) is 6.79. The molecule has 0 atom stereocenters. The number of ether oxygens (including phenoxy) is 2. The summed E-state index contributed by atoms with van der Waals surface area (Å²) in [6.07, 6.45) is 3.83. The predicted octanol–water partition coefficient (Wildman–Crippen LogP) is 4.19. The van der Waals surface area contributed by atoms with E-state index in [1.54, 1.807) is 24.3 Å². The Morgan fingerprint density at radius 2 is 1.43 bits per heavy atom. The number of hydrogen-bond acceptors (Lipinski definition) is 4. The van der Waals surface area contributed by atoms with Crippen molar-refractivity contribution in [3.05, 3.63) is 69.2 Å². The zero-order valence-corrected chi connectivity index (χ0v) is 14.3. The number of benzene rings is 2. The Hall–Kier alpha value is -2.40. The fraction of sp³-hybridized carbons (Fsp3) is 0.111. The van der Waals surface area contributed by atoms with E-state index in [1.807, 2.05) is 30.4 Å². The summed E-state index contributed by atoms with van der Waals surface area (Å²) in [5, 5.41) is 0. The van der Waals surface area contributed by atoms with Crippen LogP contribution in [-0.2, 0) is 9.47 Å². The van der Waals surface area contributed by atoms with Gasteiger partial charge in [-0.25, -0.2) is 9.59 Å². The SMILES string of the molecule is COC(=O)c1ccc(/C=C\c2ccc(C(=O)OC)cc2Br)cc1. The van der Waals surface area contributed by atoms with E-state index >= 15 is 0 Å². The van der Waals surface area contributed by atoms with Gasteiger partial charge in [-0.2, -0.15) is 0 Å². The molecule has 0 radical (unpaired) electrons. The van der Waals surface area contributed by atoms with E-state index in [-0.39, 0.29) is 11.9 Å². The monoisotopic (exact) mass is 374 g/mol. The average Bonchev–Trinajstić information content (AvgIpc) is 2.59. The van der Waals surface area contributed by atoms with Gasteiger partial charge in [-0.05, 0) is 35.4 Å². The first kappa shape index (κ1) is 17.0. The van der Waals surface area contributed by atoms with E-state index in [2.05, 4.69) is 25.4 Å². The van der Waals surface area contributed by atoms with Crippen LogP contribution in [-0.4, -0.2) is 26.2 Å². The third-order valence-corrected chi connectivity index (χ3v) is 3.90. The molecule has 0 bridgehead atoms. The number of methoxy groups -OCH3 is 2. The lowest BCUT2D eigenvalue weighted by molar-refractivity contribution is 0.0592. The van der Waals surface area contributed by atoms with Crippen molar-refractivity contribution in [3.63, 3.8) is 0 Å². The molecule has 5 heteroatoms. The van der Waals surface area contributed by atoms with Crippen LogP contribution in [0, 0.1) is 0 Å². The molecule has 2 aromatic rings. The zero-order valence-electron chi connectivity index (χ0n) is 12.7. The van der Waals surface area contributed by atoms with Crippen LogP contribution in [0.25, 0.3) is 12.2 Å². The third kappa shape index (κ3) is 4.29. The molecule has 0 aliphatic carbocycles. The molecule has 23 heavy (non-hydrogen) atoms. The highest BCUT2D eigenvalue weighted by Gasteiger charge is 2.07. The number of carbonyl (C=O) groups is 2. The minimum Gasteiger partial charge on any atom is -0.465 e. The lowest BCUT2D eigenvalue weighted by Gasteiger charge is -2.03. The highest BCUT2D eigenvalue weighted by molar-refractivity contribution is 9.10. The predicted molar refractivity (Wildman–Crippen MR) is 92.2 cm³/mol. The molecule has 0 fully saturated rings.